The van der Waals surface area contributed by atoms with Gasteiger partial charge in [-0.2, -0.15) is 11.8 Å². The molecule has 21 heavy (non-hydrogen) atoms. The quantitative estimate of drug-likeness (QED) is 0.762. The largest absolute Gasteiger partial charge is 0.464 e. The first-order valence-corrected chi connectivity index (χ1v) is 8.50. The van der Waals surface area contributed by atoms with Crippen molar-refractivity contribution < 1.29 is 18.7 Å². The zero-order valence-electron chi connectivity index (χ0n) is 11.5. The molecular formula is C14H15BrFNO3S. The van der Waals surface area contributed by atoms with Crippen molar-refractivity contribution in [3.63, 3.8) is 0 Å². The van der Waals surface area contributed by atoms with Crippen molar-refractivity contribution in [2.75, 3.05) is 24.7 Å². The molecule has 0 radical (unpaired) electrons. The predicted molar refractivity (Wildman–Crippen MR) is 82.9 cm³/mol. The SMILES string of the molecule is CCOC(=O)C1CSCCN1C(=O)c1c(F)cccc1Br. The van der Waals surface area contributed by atoms with Gasteiger partial charge in [-0.15, -0.1) is 0 Å². The van der Waals surface area contributed by atoms with Crippen LogP contribution in [-0.2, 0) is 9.53 Å². The maximum absolute atomic E-state index is 13.9. The van der Waals surface area contributed by atoms with Crippen molar-refractivity contribution in [2.45, 2.75) is 13.0 Å². The molecule has 1 aromatic carbocycles. The van der Waals surface area contributed by atoms with E-state index in [0.29, 0.717) is 22.5 Å². The molecule has 1 atom stereocenters. The van der Waals surface area contributed by atoms with Crippen molar-refractivity contribution in [3.8, 4) is 0 Å². The van der Waals surface area contributed by atoms with Crippen molar-refractivity contribution in [3.05, 3.63) is 34.1 Å². The average Bonchev–Trinajstić information content (AvgIpc) is 2.47. The highest BCUT2D eigenvalue weighted by Gasteiger charge is 2.35. The monoisotopic (exact) mass is 375 g/mol. The van der Waals surface area contributed by atoms with Crippen LogP contribution in [-0.4, -0.2) is 47.5 Å². The molecule has 0 spiro atoms. The van der Waals surface area contributed by atoms with Crippen LogP contribution in [0, 0.1) is 5.82 Å². The molecule has 0 aliphatic carbocycles. The minimum atomic E-state index is -0.664. The first kappa shape index (κ1) is 16.3. The molecule has 7 heteroatoms. The molecule has 1 aliphatic heterocycles. The smallest absolute Gasteiger partial charge is 0.329 e. The molecule has 1 amide bonds. The number of hydrogen-bond acceptors (Lipinski definition) is 4. The van der Waals surface area contributed by atoms with E-state index < -0.39 is 23.7 Å². The van der Waals surface area contributed by atoms with E-state index in [-0.39, 0.29) is 12.2 Å². The standard InChI is InChI=1S/C14H15BrFNO3S/c1-2-20-14(19)11-8-21-7-6-17(11)13(18)12-9(15)4-3-5-10(12)16/h3-5,11H,2,6-8H2,1H3. The number of hydrogen-bond donors (Lipinski definition) is 0. The van der Waals surface area contributed by atoms with E-state index in [1.807, 2.05) is 0 Å². The molecule has 1 heterocycles. The van der Waals surface area contributed by atoms with Crippen molar-refractivity contribution in [2.24, 2.45) is 0 Å². The molecule has 2 rings (SSSR count). The Morgan fingerprint density at radius 1 is 1.52 bits per heavy atom. The van der Waals surface area contributed by atoms with Gasteiger partial charge in [-0.25, -0.2) is 9.18 Å². The molecule has 1 saturated heterocycles. The van der Waals surface area contributed by atoms with Crippen molar-refractivity contribution in [1.82, 2.24) is 4.90 Å². The summed E-state index contributed by atoms with van der Waals surface area (Å²) in [6.45, 7) is 2.37. The van der Waals surface area contributed by atoms with Crippen LogP contribution in [0.1, 0.15) is 17.3 Å². The van der Waals surface area contributed by atoms with E-state index in [0.717, 1.165) is 0 Å². The number of carbonyl (C=O) groups is 2. The van der Waals surface area contributed by atoms with Crippen LogP contribution in [0.5, 0.6) is 0 Å². The minimum absolute atomic E-state index is 0.0429. The van der Waals surface area contributed by atoms with Gasteiger partial charge < -0.3 is 9.64 Å². The van der Waals surface area contributed by atoms with Crippen LogP contribution in [0.25, 0.3) is 0 Å². The summed E-state index contributed by atoms with van der Waals surface area (Å²) in [5.74, 6) is -0.344. The molecule has 0 aromatic heterocycles. The number of ether oxygens (including phenoxy) is 1. The second-order valence-corrected chi connectivity index (χ2v) is 6.44. The van der Waals surface area contributed by atoms with Gasteiger partial charge in [-0.3, -0.25) is 4.79 Å². The van der Waals surface area contributed by atoms with Gasteiger partial charge in [-0.05, 0) is 35.0 Å². The highest BCUT2D eigenvalue weighted by atomic mass is 79.9. The Kier molecular flexibility index (Phi) is 5.64. The van der Waals surface area contributed by atoms with Crippen molar-refractivity contribution in [1.29, 1.82) is 0 Å². The zero-order chi connectivity index (χ0) is 15.4. The number of nitrogens with zero attached hydrogens (tertiary/aromatic N) is 1. The third-order valence-electron chi connectivity index (χ3n) is 3.12. The molecule has 0 bridgehead atoms. The third-order valence-corrected chi connectivity index (χ3v) is 4.81. The number of rotatable bonds is 3. The summed E-state index contributed by atoms with van der Waals surface area (Å²) in [7, 11) is 0. The Balaban J connectivity index is 2.29. The summed E-state index contributed by atoms with van der Waals surface area (Å²) in [5.41, 5.74) is -0.0429. The van der Waals surface area contributed by atoms with Crippen LogP contribution < -0.4 is 0 Å². The van der Waals surface area contributed by atoms with Crippen LogP contribution in [0.2, 0.25) is 0 Å². The zero-order valence-corrected chi connectivity index (χ0v) is 13.9. The summed E-state index contributed by atoms with van der Waals surface area (Å²) in [4.78, 5) is 26.0. The number of thioether (sulfide) groups is 1. The number of halogens is 2. The predicted octanol–water partition coefficient (Wildman–Crippen LogP) is 2.71. The Morgan fingerprint density at radius 3 is 2.95 bits per heavy atom. The van der Waals surface area contributed by atoms with Gasteiger partial charge in [0.1, 0.15) is 11.9 Å². The summed E-state index contributed by atoms with van der Waals surface area (Å²) in [6, 6.07) is 3.69. The number of esters is 1. The molecule has 114 valence electrons. The second kappa shape index (κ2) is 7.26. The fraction of sp³-hybridized carbons (Fsp3) is 0.429. The second-order valence-electron chi connectivity index (χ2n) is 4.44. The number of carbonyl (C=O) groups excluding carboxylic acids is 2. The van der Waals surface area contributed by atoms with E-state index >= 15 is 0 Å². The van der Waals surface area contributed by atoms with Gasteiger partial charge in [0.15, 0.2) is 0 Å². The Labute approximate surface area is 135 Å². The lowest BCUT2D eigenvalue weighted by molar-refractivity contribution is -0.147. The molecular weight excluding hydrogens is 361 g/mol. The van der Waals surface area contributed by atoms with Crippen LogP contribution >= 0.6 is 27.7 Å². The lowest BCUT2D eigenvalue weighted by Crippen LogP contribution is -2.51. The molecule has 1 unspecified atom stereocenters. The number of amides is 1. The summed E-state index contributed by atoms with van der Waals surface area (Å²) < 4.78 is 19.3. The Hall–Kier alpha value is -1.08. The molecule has 0 saturated carbocycles. The normalized spacial score (nSPS) is 18.4. The Morgan fingerprint density at radius 2 is 2.29 bits per heavy atom. The lowest BCUT2D eigenvalue weighted by Gasteiger charge is -2.34. The molecule has 4 nitrogen and oxygen atoms in total. The van der Waals surface area contributed by atoms with Crippen LogP contribution in [0.15, 0.2) is 22.7 Å². The van der Waals surface area contributed by atoms with E-state index in [4.69, 9.17) is 4.74 Å². The minimum Gasteiger partial charge on any atom is -0.464 e. The maximum Gasteiger partial charge on any atom is 0.329 e. The fourth-order valence-corrected chi connectivity index (χ4v) is 3.67. The first-order valence-electron chi connectivity index (χ1n) is 6.55. The highest BCUT2D eigenvalue weighted by Crippen LogP contribution is 2.25. The van der Waals surface area contributed by atoms with Crippen molar-refractivity contribution >= 4 is 39.6 Å². The third kappa shape index (κ3) is 3.58. The maximum atomic E-state index is 13.9. The van der Waals surface area contributed by atoms with Gasteiger partial charge in [0.05, 0.1) is 12.2 Å². The average molecular weight is 376 g/mol. The summed E-state index contributed by atoms with van der Waals surface area (Å²) in [6.07, 6.45) is 0. The van der Waals surface area contributed by atoms with Gasteiger partial charge in [-0.1, -0.05) is 6.07 Å². The summed E-state index contributed by atoms with van der Waals surface area (Å²) in [5, 5.41) is 0. The van der Waals surface area contributed by atoms with E-state index in [9.17, 15) is 14.0 Å². The molecule has 1 aromatic rings. The first-order chi connectivity index (χ1) is 10.1. The lowest BCUT2D eigenvalue weighted by atomic mass is 10.1. The molecule has 1 fully saturated rings. The molecule has 0 N–H and O–H groups in total. The van der Waals surface area contributed by atoms with Crippen LogP contribution in [0.4, 0.5) is 4.39 Å². The number of benzene rings is 1. The summed E-state index contributed by atoms with van der Waals surface area (Å²) >= 11 is 4.77. The van der Waals surface area contributed by atoms with Gasteiger partial charge in [0.2, 0.25) is 0 Å². The van der Waals surface area contributed by atoms with Crippen LogP contribution in [0.3, 0.4) is 0 Å². The van der Waals surface area contributed by atoms with E-state index in [2.05, 4.69) is 15.9 Å². The van der Waals surface area contributed by atoms with Gasteiger partial charge >= 0.3 is 5.97 Å². The van der Waals surface area contributed by atoms with E-state index in [1.54, 1.807) is 24.8 Å². The van der Waals surface area contributed by atoms with Gasteiger partial charge in [0.25, 0.3) is 5.91 Å². The highest BCUT2D eigenvalue weighted by molar-refractivity contribution is 9.10. The van der Waals surface area contributed by atoms with Gasteiger partial charge in [0, 0.05) is 22.5 Å². The molecule has 1 aliphatic rings. The Bertz CT molecular complexity index is 535. The topological polar surface area (TPSA) is 46.6 Å². The fourth-order valence-electron chi connectivity index (χ4n) is 2.13. The van der Waals surface area contributed by atoms with E-state index in [1.165, 1.54) is 17.0 Å².